The molecule has 7 rings (SSSR count). The Kier molecular flexibility index (Phi) is 5.19. The number of nitro groups is 1. The van der Waals surface area contributed by atoms with E-state index in [9.17, 15) is 10.1 Å². The Morgan fingerprint density at radius 3 is 2.45 bits per heavy atom. The summed E-state index contributed by atoms with van der Waals surface area (Å²) >= 11 is 0. The summed E-state index contributed by atoms with van der Waals surface area (Å²) in [5.74, 6) is 1.74. The fourth-order valence-electron chi connectivity index (χ4n) is 5.38. The van der Waals surface area contributed by atoms with Crippen LogP contribution >= 0.6 is 0 Å². The van der Waals surface area contributed by atoms with Crippen LogP contribution in [0.1, 0.15) is 26.3 Å². The van der Waals surface area contributed by atoms with Crippen molar-refractivity contribution in [3.63, 3.8) is 0 Å². The summed E-state index contributed by atoms with van der Waals surface area (Å²) < 4.78 is 14.7. The van der Waals surface area contributed by atoms with E-state index in [0.29, 0.717) is 11.5 Å². The molecule has 0 saturated heterocycles. The SMILES string of the molecule is CC(C)(C)c1ccnc(-n2c3cc(Oc4cccc([N+](=O)[O-])c4)ccc3c3c4oc5ccccc5c4ccc32)c1. The maximum atomic E-state index is 11.3. The van der Waals surface area contributed by atoms with Gasteiger partial charge in [-0.05, 0) is 59.5 Å². The van der Waals surface area contributed by atoms with Crippen LogP contribution in [0.3, 0.4) is 0 Å². The number of furan rings is 1. The topological polar surface area (TPSA) is 83.3 Å². The molecule has 196 valence electrons. The predicted molar refractivity (Wildman–Crippen MR) is 158 cm³/mol. The molecular formula is C33H25N3O4. The number of para-hydroxylation sites is 1. The number of ether oxygens (including phenoxy) is 1. The van der Waals surface area contributed by atoms with Crippen molar-refractivity contribution >= 4 is 49.4 Å². The van der Waals surface area contributed by atoms with Crippen LogP contribution in [0.5, 0.6) is 11.5 Å². The maximum absolute atomic E-state index is 11.3. The molecule has 7 heteroatoms. The smallest absolute Gasteiger partial charge is 0.273 e. The number of aromatic nitrogens is 2. The summed E-state index contributed by atoms with van der Waals surface area (Å²) in [6.07, 6.45) is 1.84. The van der Waals surface area contributed by atoms with Gasteiger partial charge in [0.1, 0.15) is 28.5 Å². The van der Waals surface area contributed by atoms with Crippen LogP contribution in [0.15, 0.2) is 102 Å². The lowest BCUT2D eigenvalue weighted by atomic mass is 9.88. The van der Waals surface area contributed by atoms with E-state index < -0.39 is 4.92 Å². The largest absolute Gasteiger partial charge is 0.457 e. The van der Waals surface area contributed by atoms with Crippen molar-refractivity contribution in [2.75, 3.05) is 0 Å². The number of fused-ring (bicyclic) bond motifs is 7. The second kappa shape index (κ2) is 8.68. The average Bonchev–Trinajstić information content (AvgIpc) is 3.48. The van der Waals surface area contributed by atoms with Crippen LogP contribution in [-0.2, 0) is 5.41 Å². The van der Waals surface area contributed by atoms with Crippen molar-refractivity contribution in [2.24, 2.45) is 0 Å². The molecule has 0 aliphatic carbocycles. The van der Waals surface area contributed by atoms with Crippen LogP contribution in [-0.4, -0.2) is 14.5 Å². The Balaban J connectivity index is 1.51. The van der Waals surface area contributed by atoms with Gasteiger partial charge in [-0.25, -0.2) is 4.98 Å². The number of hydrogen-bond acceptors (Lipinski definition) is 5. The summed E-state index contributed by atoms with van der Waals surface area (Å²) in [5, 5.41) is 15.4. The minimum Gasteiger partial charge on any atom is -0.457 e. The molecule has 0 unspecified atom stereocenters. The number of nitrogens with zero attached hydrogens (tertiary/aromatic N) is 3. The Hall–Kier alpha value is -5.17. The van der Waals surface area contributed by atoms with Crippen LogP contribution < -0.4 is 4.74 Å². The normalized spacial score (nSPS) is 12.1. The number of non-ortho nitro benzene ring substituents is 1. The molecule has 0 N–H and O–H groups in total. The van der Waals surface area contributed by atoms with Gasteiger partial charge in [0.2, 0.25) is 0 Å². The van der Waals surface area contributed by atoms with Crippen molar-refractivity contribution in [3.05, 3.63) is 113 Å². The van der Waals surface area contributed by atoms with Crippen LogP contribution in [0, 0.1) is 10.1 Å². The van der Waals surface area contributed by atoms with Gasteiger partial charge in [0, 0.05) is 34.5 Å². The summed E-state index contributed by atoms with van der Waals surface area (Å²) in [4.78, 5) is 15.6. The molecule has 0 spiro atoms. The van der Waals surface area contributed by atoms with Crippen molar-refractivity contribution in [1.29, 1.82) is 0 Å². The van der Waals surface area contributed by atoms with Crippen molar-refractivity contribution < 1.29 is 14.1 Å². The highest BCUT2D eigenvalue weighted by molar-refractivity contribution is 6.23. The van der Waals surface area contributed by atoms with Gasteiger partial charge in [-0.3, -0.25) is 14.7 Å². The predicted octanol–water partition coefficient (Wildman–Crippen LogP) is 9.08. The Morgan fingerprint density at radius 2 is 1.62 bits per heavy atom. The van der Waals surface area contributed by atoms with Gasteiger partial charge in [-0.15, -0.1) is 0 Å². The second-order valence-electron chi connectivity index (χ2n) is 11.0. The highest BCUT2D eigenvalue weighted by Crippen LogP contribution is 2.42. The molecule has 0 atom stereocenters. The van der Waals surface area contributed by atoms with Gasteiger partial charge < -0.3 is 9.15 Å². The third-order valence-electron chi connectivity index (χ3n) is 7.35. The molecule has 0 aliphatic heterocycles. The molecule has 0 bridgehead atoms. The second-order valence-corrected chi connectivity index (χ2v) is 11.0. The number of benzene rings is 4. The molecule has 3 aromatic heterocycles. The number of rotatable bonds is 4. The number of pyridine rings is 1. The Labute approximate surface area is 229 Å². The zero-order valence-electron chi connectivity index (χ0n) is 22.2. The number of nitro benzene ring substituents is 1. The minimum atomic E-state index is -0.430. The van der Waals surface area contributed by atoms with E-state index in [1.807, 2.05) is 48.7 Å². The summed E-state index contributed by atoms with van der Waals surface area (Å²) in [5.41, 5.74) is 4.60. The zero-order valence-corrected chi connectivity index (χ0v) is 22.2. The van der Waals surface area contributed by atoms with E-state index >= 15 is 0 Å². The minimum absolute atomic E-state index is 0.0248. The van der Waals surface area contributed by atoms with Crippen LogP contribution in [0.4, 0.5) is 5.69 Å². The molecule has 0 radical (unpaired) electrons. The molecule has 0 amide bonds. The molecule has 40 heavy (non-hydrogen) atoms. The lowest BCUT2D eigenvalue weighted by molar-refractivity contribution is -0.384. The van der Waals surface area contributed by atoms with E-state index in [0.717, 1.165) is 49.6 Å². The first-order valence-electron chi connectivity index (χ1n) is 13.1. The molecule has 3 heterocycles. The van der Waals surface area contributed by atoms with Gasteiger partial charge in [0.25, 0.3) is 5.69 Å². The molecule has 4 aromatic carbocycles. The van der Waals surface area contributed by atoms with E-state index in [1.165, 1.54) is 17.7 Å². The fourth-order valence-corrected chi connectivity index (χ4v) is 5.38. The van der Waals surface area contributed by atoms with Gasteiger partial charge >= 0.3 is 0 Å². The quantitative estimate of drug-likeness (QED) is 0.168. The zero-order chi connectivity index (χ0) is 27.6. The summed E-state index contributed by atoms with van der Waals surface area (Å²) in [7, 11) is 0. The number of hydrogen-bond donors (Lipinski definition) is 0. The molecule has 0 saturated carbocycles. The van der Waals surface area contributed by atoms with Gasteiger partial charge in [0.15, 0.2) is 0 Å². The molecule has 7 nitrogen and oxygen atoms in total. The van der Waals surface area contributed by atoms with Crippen LogP contribution in [0.25, 0.3) is 49.6 Å². The van der Waals surface area contributed by atoms with Gasteiger partial charge in [-0.2, -0.15) is 0 Å². The maximum Gasteiger partial charge on any atom is 0.273 e. The first-order valence-corrected chi connectivity index (χ1v) is 13.1. The standard InChI is InChI=1S/C33H25N3O4/c1-33(2,3)20-15-16-34-30(17-20)35-27-14-13-25-24-9-4-5-10-29(24)40-32(25)31(27)26-12-11-23(19-28(26)35)39-22-8-6-7-21(18-22)36(37)38/h4-19H,1-3H3. The third-order valence-corrected chi connectivity index (χ3v) is 7.35. The monoisotopic (exact) mass is 527 g/mol. The lowest BCUT2D eigenvalue weighted by Gasteiger charge is -2.20. The first kappa shape index (κ1) is 23.9. The molecule has 0 aliphatic rings. The lowest BCUT2D eigenvalue weighted by Crippen LogP contribution is -2.12. The van der Waals surface area contributed by atoms with Crippen LogP contribution in [0.2, 0.25) is 0 Å². The van der Waals surface area contributed by atoms with Crippen molar-refractivity contribution in [1.82, 2.24) is 9.55 Å². The fraction of sp³-hybridized carbons (Fsp3) is 0.121. The highest BCUT2D eigenvalue weighted by Gasteiger charge is 2.21. The van der Waals surface area contributed by atoms with E-state index in [1.54, 1.807) is 12.1 Å². The van der Waals surface area contributed by atoms with E-state index in [2.05, 4.69) is 49.6 Å². The highest BCUT2D eigenvalue weighted by atomic mass is 16.6. The Morgan fingerprint density at radius 1 is 0.825 bits per heavy atom. The van der Waals surface area contributed by atoms with Gasteiger partial charge in [-0.1, -0.05) is 45.0 Å². The van der Waals surface area contributed by atoms with Gasteiger partial charge in [0.05, 0.1) is 27.4 Å². The van der Waals surface area contributed by atoms with E-state index in [-0.39, 0.29) is 11.1 Å². The average molecular weight is 528 g/mol. The molecular weight excluding hydrogens is 502 g/mol. The molecule has 7 aromatic rings. The van der Waals surface area contributed by atoms with Crippen molar-refractivity contribution in [3.8, 4) is 17.3 Å². The molecule has 0 fully saturated rings. The van der Waals surface area contributed by atoms with E-state index in [4.69, 9.17) is 14.1 Å². The third kappa shape index (κ3) is 3.78. The first-order chi connectivity index (χ1) is 19.3. The Bertz CT molecular complexity index is 2110. The van der Waals surface area contributed by atoms with Crippen molar-refractivity contribution in [2.45, 2.75) is 26.2 Å². The summed E-state index contributed by atoms with van der Waals surface area (Å²) in [6.45, 7) is 6.54. The summed E-state index contributed by atoms with van der Waals surface area (Å²) in [6, 6.07) is 28.5.